The molecular formula is C13H24N2O5. The maximum Gasteiger partial charge on any atom is 0.307 e. The van der Waals surface area contributed by atoms with E-state index in [4.69, 9.17) is 9.47 Å². The molecule has 1 saturated heterocycles. The quantitative estimate of drug-likeness (QED) is 0.611. The minimum Gasteiger partial charge on any atom is -0.469 e. The number of rotatable bonds is 7. The highest BCUT2D eigenvalue weighted by molar-refractivity contribution is 5.79. The van der Waals surface area contributed by atoms with Crippen LogP contribution in [0, 0.1) is 0 Å². The van der Waals surface area contributed by atoms with Gasteiger partial charge < -0.3 is 24.8 Å². The molecule has 1 aliphatic heterocycles. The second-order valence-electron chi connectivity index (χ2n) is 5.22. The molecule has 7 heteroatoms. The van der Waals surface area contributed by atoms with Crippen molar-refractivity contribution in [3.63, 3.8) is 0 Å². The van der Waals surface area contributed by atoms with Gasteiger partial charge in [0.1, 0.15) is 0 Å². The first-order chi connectivity index (χ1) is 9.49. The van der Waals surface area contributed by atoms with Gasteiger partial charge in [0.05, 0.1) is 38.9 Å². The van der Waals surface area contributed by atoms with Gasteiger partial charge in [-0.1, -0.05) is 0 Å². The summed E-state index contributed by atoms with van der Waals surface area (Å²) in [5.74, 6) is -0.527. The number of carbonyl (C=O) groups is 2. The van der Waals surface area contributed by atoms with Crippen LogP contribution in [0.25, 0.3) is 0 Å². The fourth-order valence-corrected chi connectivity index (χ4v) is 2.20. The topological polar surface area (TPSA) is 85.9 Å². The molecule has 0 spiro atoms. The normalized spacial score (nSPS) is 21.9. The lowest BCUT2D eigenvalue weighted by molar-refractivity contribution is -0.143. The molecule has 0 bridgehead atoms. The Morgan fingerprint density at radius 3 is 2.75 bits per heavy atom. The van der Waals surface area contributed by atoms with E-state index < -0.39 is 5.54 Å². The van der Waals surface area contributed by atoms with Gasteiger partial charge in [0.2, 0.25) is 5.91 Å². The molecular weight excluding hydrogens is 264 g/mol. The van der Waals surface area contributed by atoms with Crippen molar-refractivity contribution < 1.29 is 23.8 Å². The van der Waals surface area contributed by atoms with Crippen LogP contribution in [-0.4, -0.2) is 64.0 Å². The molecule has 1 aliphatic rings. The Labute approximate surface area is 119 Å². The van der Waals surface area contributed by atoms with Crippen LogP contribution in [0.3, 0.4) is 0 Å². The molecule has 1 fully saturated rings. The predicted octanol–water partition coefficient (Wildman–Crippen LogP) is -0.551. The molecule has 2 atom stereocenters. The molecule has 0 aromatic heterocycles. The number of ether oxygens (including phenoxy) is 3. The van der Waals surface area contributed by atoms with E-state index in [9.17, 15) is 9.59 Å². The molecule has 0 saturated carbocycles. The maximum absolute atomic E-state index is 12.1. The van der Waals surface area contributed by atoms with Crippen LogP contribution in [0.4, 0.5) is 0 Å². The second kappa shape index (κ2) is 8.18. The Kier molecular flexibility index (Phi) is 6.90. The molecule has 0 aromatic carbocycles. The Bertz CT molecular complexity index is 331. The Morgan fingerprint density at radius 2 is 2.20 bits per heavy atom. The Balaban J connectivity index is 2.50. The number of esters is 1. The highest BCUT2D eigenvalue weighted by Gasteiger charge is 2.31. The number of methoxy groups -OCH3 is 2. The predicted molar refractivity (Wildman–Crippen MR) is 72.3 cm³/mol. The summed E-state index contributed by atoms with van der Waals surface area (Å²) in [4.78, 5) is 23.5. The lowest BCUT2D eigenvalue weighted by Gasteiger charge is -2.30. The number of morpholine rings is 1. The number of amides is 1. The van der Waals surface area contributed by atoms with Gasteiger partial charge in [-0.2, -0.15) is 0 Å². The third-order valence-electron chi connectivity index (χ3n) is 3.10. The smallest absolute Gasteiger partial charge is 0.307 e. The lowest BCUT2D eigenvalue weighted by Crippen LogP contribution is -2.53. The molecule has 116 valence electrons. The highest BCUT2D eigenvalue weighted by Crippen LogP contribution is 2.12. The number of nitrogens with one attached hydrogen (secondary N) is 2. The van der Waals surface area contributed by atoms with Gasteiger partial charge in [-0.15, -0.1) is 0 Å². The number of hydrogen-bond donors (Lipinski definition) is 2. The van der Waals surface area contributed by atoms with Crippen LogP contribution >= 0.6 is 0 Å². The molecule has 2 N–H and O–H groups in total. The van der Waals surface area contributed by atoms with Gasteiger partial charge in [0.15, 0.2) is 0 Å². The van der Waals surface area contributed by atoms with Gasteiger partial charge in [-0.3, -0.25) is 9.59 Å². The van der Waals surface area contributed by atoms with Crippen molar-refractivity contribution in [3.8, 4) is 0 Å². The van der Waals surface area contributed by atoms with Gasteiger partial charge in [-0.25, -0.2) is 0 Å². The van der Waals surface area contributed by atoms with Gasteiger partial charge in [0.25, 0.3) is 0 Å². The zero-order chi connectivity index (χ0) is 15.0. The van der Waals surface area contributed by atoms with E-state index in [-0.39, 0.29) is 30.9 Å². The zero-order valence-corrected chi connectivity index (χ0v) is 12.4. The summed E-state index contributed by atoms with van der Waals surface area (Å²) in [6, 6.07) is 0.00803. The largest absolute Gasteiger partial charge is 0.469 e. The number of hydrogen-bond acceptors (Lipinski definition) is 6. The van der Waals surface area contributed by atoms with Crippen molar-refractivity contribution in [3.05, 3.63) is 0 Å². The molecule has 1 heterocycles. The van der Waals surface area contributed by atoms with Gasteiger partial charge in [0, 0.05) is 26.1 Å². The van der Waals surface area contributed by atoms with Gasteiger partial charge in [-0.05, 0) is 6.92 Å². The summed E-state index contributed by atoms with van der Waals surface area (Å²) < 4.78 is 15.0. The average Bonchev–Trinajstić information content (AvgIpc) is 2.39. The first kappa shape index (κ1) is 16.9. The van der Waals surface area contributed by atoms with Crippen LogP contribution in [-0.2, 0) is 23.8 Å². The van der Waals surface area contributed by atoms with Crippen molar-refractivity contribution in [1.29, 1.82) is 0 Å². The van der Waals surface area contributed by atoms with E-state index in [1.165, 1.54) is 14.2 Å². The van der Waals surface area contributed by atoms with Crippen LogP contribution in [0.15, 0.2) is 0 Å². The van der Waals surface area contributed by atoms with Crippen molar-refractivity contribution in [1.82, 2.24) is 10.6 Å². The van der Waals surface area contributed by atoms with E-state index in [0.717, 1.165) is 6.54 Å². The molecule has 0 aliphatic carbocycles. The first-order valence-electron chi connectivity index (χ1n) is 6.67. The monoisotopic (exact) mass is 288 g/mol. The minimum absolute atomic E-state index is 0.00803. The second-order valence-corrected chi connectivity index (χ2v) is 5.22. The van der Waals surface area contributed by atoms with Crippen molar-refractivity contribution in [2.75, 3.05) is 40.6 Å². The minimum atomic E-state index is -0.769. The van der Waals surface area contributed by atoms with Crippen LogP contribution in [0.2, 0.25) is 0 Å². The molecule has 20 heavy (non-hydrogen) atoms. The molecule has 0 radical (unpaired) electrons. The van der Waals surface area contributed by atoms with Gasteiger partial charge >= 0.3 is 5.97 Å². The van der Waals surface area contributed by atoms with E-state index in [2.05, 4.69) is 15.4 Å². The van der Waals surface area contributed by atoms with E-state index in [1.54, 1.807) is 6.92 Å². The SMILES string of the molecule is COCC(C)(CC(=O)OC)NC(=O)CC1COCCN1. The highest BCUT2D eigenvalue weighted by atomic mass is 16.5. The first-order valence-corrected chi connectivity index (χ1v) is 6.67. The van der Waals surface area contributed by atoms with Crippen molar-refractivity contribution in [2.45, 2.75) is 31.3 Å². The molecule has 2 unspecified atom stereocenters. The van der Waals surface area contributed by atoms with Crippen LogP contribution in [0.1, 0.15) is 19.8 Å². The summed E-state index contributed by atoms with van der Waals surface area (Å²) in [5.41, 5.74) is -0.769. The third-order valence-corrected chi connectivity index (χ3v) is 3.10. The number of carbonyl (C=O) groups excluding carboxylic acids is 2. The molecule has 1 rings (SSSR count). The van der Waals surface area contributed by atoms with E-state index in [0.29, 0.717) is 19.6 Å². The Morgan fingerprint density at radius 1 is 1.45 bits per heavy atom. The summed E-state index contributed by atoms with van der Waals surface area (Å²) in [6.45, 7) is 3.93. The zero-order valence-electron chi connectivity index (χ0n) is 12.4. The van der Waals surface area contributed by atoms with Crippen LogP contribution in [0.5, 0.6) is 0 Å². The summed E-state index contributed by atoms with van der Waals surface area (Å²) >= 11 is 0. The average molecular weight is 288 g/mol. The summed E-state index contributed by atoms with van der Waals surface area (Å²) in [5, 5.41) is 6.06. The molecule has 7 nitrogen and oxygen atoms in total. The molecule has 0 aromatic rings. The Hall–Kier alpha value is -1.18. The van der Waals surface area contributed by atoms with Crippen LogP contribution < -0.4 is 10.6 Å². The van der Waals surface area contributed by atoms with Crippen molar-refractivity contribution >= 4 is 11.9 Å². The fraction of sp³-hybridized carbons (Fsp3) is 0.846. The molecule has 1 amide bonds. The fourth-order valence-electron chi connectivity index (χ4n) is 2.20. The van der Waals surface area contributed by atoms with Crippen molar-refractivity contribution in [2.24, 2.45) is 0 Å². The lowest BCUT2D eigenvalue weighted by atomic mass is 9.98. The third kappa shape index (κ3) is 5.85. The van der Waals surface area contributed by atoms with E-state index >= 15 is 0 Å². The van der Waals surface area contributed by atoms with E-state index in [1.807, 2.05) is 0 Å². The maximum atomic E-state index is 12.1. The standard InChI is InChI=1S/C13H24N2O5/c1-13(9-18-2,7-12(17)19-3)15-11(16)6-10-8-20-5-4-14-10/h10,14H,4-9H2,1-3H3,(H,15,16). The summed E-state index contributed by atoms with van der Waals surface area (Å²) in [6.07, 6.45) is 0.373. The summed E-state index contributed by atoms with van der Waals surface area (Å²) in [7, 11) is 2.85.